The molecule has 0 atom stereocenters. The third-order valence-electron chi connectivity index (χ3n) is 3.15. The van der Waals surface area contributed by atoms with Crippen LogP contribution in [0.5, 0.6) is 0 Å². The van der Waals surface area contributed by atoms with Crippen LogP contribution >= 0.6 is 0 Å². The van der Waals surface area contributed by atoms with Crippen LogP contribution in [0.4, 0.5) is 5.69 Å². The van der Waals surface area contributed by atoms with Crippen molar-refractivity contribution < 1.29 is 8.42 Å². The fourth-order valence-corrected chi connectivity index (χ4v) is 4.02. The van der Waals surface area contributed by atoms with Gasteiger partial charge in [-0.1, -0.05) is 25.1 Å². The normalized spacial score (nSPS) is 16.1. The zero-order valence-electron chi connectivity index (χ0n) is 10.7. The van der Waals surface area contributed by atoms with E-state index in [9.17, 15) is 8.42 Å². The van der Waals surface area contributed by atoms with Crippen molar-refractivity contribution in [2.45, 2.75) is 38.0 Å². The summed E-state index contributed by atoms with van der Waals surface area (Å²) in [4.78, 5) is 0. The molecule has 1 aliphatic rings. The third kappa shape index (κ3) is 3.03. The van der Waals surface area contributed by atoms with E-state index in [1.807, 2.05) is 19.1 Å². The number of para-hydroxylation sites is 1. The average Bonchev–Trinajstić information content (AvgIpc) is 3.12. The first-order valence-electron chi connectivity index (χ1n) is 6.37. The van der Waals surface area contributed by atoms with E-state index in [2.05, 4.69) is 0 Å². The molecular weight excluding hydrogens is 248 g/mol. The molecule has 1 aliphatic carbocycles. The highest BCUT2D eigenvalue weighted by Gasteiger charge is 2.36. The fourth-order valence-electron chi connectivity index (χ4n) is 2.08. The summed E-state index contributed by atoms with van der Waals surface area (Å²) in [6.45, 7) is 2.61. The summed E-state index contributed by atoms with van der Waals surface area (Å²) in [7, 11) is -3.24. The Morgan fingerprint density at radius 1 is 1.33 bits per heavy atom. The zero-order valence-corrected chi connectivity index (χ0v) is 11.5. The van der Waals surface area contributed by atoms with Gasteiger partial charge in [0.2, 0.25) is 10.0 Å². The quantitative estimate of drug-likeness (QED) is 0.802. The van der Waals surface area contributed by atoms with Crippen LogP contribution in [-0.2, 0) is 15.8 Å². The van der Waals surface area contributed by atoms with Crippen molar-refractivity contribution in [1.82, 2.24) is 4.31 Å². The lowest BCUT2D eigenvalue weighted by molar-refractivity contribution is 0.402. The Morgan fingerprint density at radius 2 is 2.00 bits per heavy atom. The lowest BCUT2D eigenvalue weighted by Gasteiger charge is -2.21. The Morgan fingerprint density at radius 3 is 2.56 bits per heavy atom. The smallest absolute Gasteiger partial charge is 0.218 e. The number of sulfonamides is 1. The van der Waals surface area contributed by atoms with E-state index in [0.717, 1.165) is 19.3 Å². The molecule has 4 nitrogen and oxygen atoms in total. The topological polar surface area (TPSA) is 63.4 Å². The van der Waals surface area contributed by atoms with E-state index in [-0.39, 0.29) is 11.8 Å². The molecule has 0 unspecified atom stereocenters. The van der Waals surface area contributed by atoms with Crippen LogP contribution in [-0.4, -0.2) is 25.3 Å². The Balaban J connectivity index is 2.17. The maximum Gasteiger partial charge on any atom is 0.218 e. The molecule has 100 valence electrons. The molecule has 0 radical (unpaired) electrons. The summed E-state index contributed by atoms with van der Waals surface area (Å²) in [6.07, 6.45) is 2.83. The lowest BCUT2D eigenvalue weighted by atomic mass is 10.2. The molecule has 2 N–H and O–H groups in total. The summed E-state index contributed by atoms with van der Waals surface area (Å²) in [6, 6.07) is 7.38. The first kappa shape index (κ1) is 13.4. The first-order chi connectivity index (χ1) is 8.54. The summed E-state index contributed by atoms with van der Waals surface area (Å²) in [5, 5.41) is 0. The molecule has 1 saturated carbocycles. The highest BCUT2D eigenvalue weighted by Crippen LogP contribution is 2.31. The maximum atomic E-state index is 12.4. The molecule has 0 spiro atoms. The molecule has 2 rings (SSSR count). The van der Waals surface area contributed by atoms with Crippen molar-refractivity contribution in [2.24, 2.45) is 0 Å². The molecular formula is C13H20N2O2S. The highest BCUT2D eigenvalue weighted by molar-refractivity contribution is 7.88. The molecule has 0 aromatic heterocycles. The zero-order chi connectivity index (χ0) is 13.2. The number of nitrogen functional groups attached to an aromatic ring is 1. The first-order valence-corrected chi connectivity index (χ1v) is 7.98. The average molecular weight is 268 g/mol. The van der Waals surface area contributed by atoms with Crippen molar-refractivity contribution in [1.29, 1.82) is 0 Å². The van der Waals surface area contributed by atoms with Gasteiger partial charge < -0.3 is 5.73 Å². The fraction of sp³-hybridized carbons (Fsp3) is 0.538. The van der Waals surface area contributed by atoms with Gasteiger partial charge in [0.15, 0.2) is 0 Å². The van der Waals surface area contributed by atoms with Gasteiger partial charge in [0.25, 0.3) is 0 Å². The number of rotatable bonds is 6. The Kier molecular flexibility index (Phi) is 3.92. The number of nitrogens with two attached hydrogens (primary N) is 1. The van der Waals surface area contributed by atoms with E-state index in [1.54, 1.807) is 16.4 Å². The van der Waals surface area contributed by atoms with Gasteiger partial charge >= 0.3 is 0 Å². The van der Waals surface area contributed by atoms with Crippen LogP contribution < -0.4 is 5.73 Å². The second-order valence-electron chi connectivity index (χ2n) is 4.80. The van der Waals surface area contributed by atoms with Gasteiger partial charge in [-0.05, 0) is 30.9 Å². The summed E-state index contributed by atoms with van der Waals surface area (Å²) < 4.78 is 26.4. The predicted molar refractivity (Wildman–Crippen MR) is 73.5 cm³/mol. The predicted octanol–water partition coefficient (Wildman–Crippen LogP) is 1.97. The van der Waals surface area contributed by atoms with Crippen molar-refractivity contribution >= 4 is 15.7 Å². The minimum atomic E-state index is -3.24. The van der Waals surface area contributed by atoms with Crippen molar-refractivity contribution in [3.63, 3.8) is 0 Å². The van der Waals surface area contributed by atoms with Crippen LogP contribution in [0.3, 0.4) is 0 Å². The number of anilines is 1. The summed E-state index contributed by atoms with van der Waals surface area (Å²) in [5.41, 5.74) is 7.05. The summed E-state index contributed by atoms with van der Waals surface area (Å²) >= 11 is 0. The van der Waals surface area contributed by atoms with E-state index >= 15 is 0 Å². The Labute approximate surface area is 109 Å². The molecule has 1 aromatic rings. The van der Waals surface area contributed by atoms with Crippen molar-refractivity contribution in [2.75, 3.05) is 12.3 Å². The van der Waals surface area contributed by atoms with Gasteiger partial charge in [-0.25, -0.2) is 8.42 Å². The van der Waals surface area contributed by atoms with E-state index in [1.165, 1.54) is 0 Å². The lowest BCUT2D eigenvalue weighted by Crippen LogP contribution is -2.34. The van der Waals surface area contributed by atoms with E-state index < -0.39 is 10.0 Å². The monoisotopic (exact) mass is 268 g/mol. The molecule has 5 heteroatoms. The Bertz CT molecular complexity index is 509. The molecule has 18 heavy (non-hydrogen) atoms. The molecule has 0 amide bonds. The largest absolute Gasteiger partial charge is 0.398 e. The number of hydrogen-bond acceptors (Lipinski definition) is 3. The highest BCUT2D eigenvalue weighted by atomic mass is 32.2. The van der Waals surface area contributed by atoms with Crippen molar-refractivity contribution in [3.05, 3.63) is 29.8 Å². The minimum absolute atomic E-state index is 0.0101. The van der Waals surface area contributed by atoms with E-state index in [0.29, 0.717) is 17.8 Å². The van der Waals surface area contributed by atoms with Gasteiger partial charge in [-0.2, -0.15) is 4.31 Å². The SMILES string of the molecule is CCCN(C1CC1)S(=O)(=O)Cc1ccccc1N. The van der Waals surface area contributed by atoms with Crippen LogP contribution in [0.2, 0.25) is 0 Å². The van der Waals surface area contributed by atoms with Gasteiger partial charge in [-0.3, -0.25) is 0 Å². The van der Waals surface area contributed by atoms with Gasteiger partial charge in [0, 0.05) is 18.3 Å². The van der Waals surface area contributed by atoms with Gasteiger partial charge in [0.1, 0.15) is 0 Å². The number of hydrogen-bond donors (Lipinski definition) is 1. The molecule has 1 aromatic carbocycles. The molecule has 0 heterocycles. The van der Waals surface area contributed by atoms with Crippen LogP contribution in [0.15, 0.2) is 24.3 Å². The van der Waals surface area contributed by atoms with Crippen LogP contribution in [0, 0.1) is 0 Å². The van der Waals surface area contributed by atoms with Crippen LogP contribution in [0.1, 0.15) is 31.7 Å². The van der Waals surface area contributed by atoms with Crippen LogP contribution in [0.25, 0.3) is 0 Å². The maximum absolute atomic E-state index is 12.4. The van der Waals surface area contributed by atoms with Crippen molar-refractivity contribution in [3.8, 4) is 0 Å². The molecule has 1 fully saturated rings. The van der Waals surface area contributed by atoms with Gasteiger partial charge in [-0.15, -0.1) is 0 Å². The number of benzene rings is 1. The second kappa shape index (κ2) is 5.28. The third-order valence-corrected chi connectivity index (χ3v) is 5.02. The van der Waals surface area contributed by atoms with Gasteiger partial charge in [0.05, 0.1) is 5.75 Å². The molecule has 0 aliphatic heterocycles. The molecule has 0 saturated heterocycles. The minimum Gasteiger partial charge on any atom is -0.398 e. The summed E-state index contributed by atoms with van der Waals surface area (Å²) in [5.74, 6) is 0.0101. The second-order valence-corrected chi connectivity index (χ2v) is 6.72. The number of nitrogens with zero attached hydrogens (tertiary/aromatic N) is 1. The molecule has 0 bridgehead atoms. The Hall–Kier alpha value is -1.07. The standard InChI is InChI=1S/C13H20N2O2S/c1-2-9-15(12-7-8-12)18(16,17)10-11-5-3-4-6-13(11)14/h3-6,12H,2,7-10,14H2,1H3. The van der Waals surface area contributed by atoms with E-state index in [4.69, 9.17) is 5.73 Å².